The minimum absolute atomic E-state index is 0.783. The molecule has 1 aromatic carbocycles. The molecule has 1 N–H and O–H groups in total. The van der Waals surface area contributed by atoms with Crippen LogP contribution >= 0.6 is 0 Å². The molecule has 2 fully saturated rings. The van der Waals surface area contributed by atoms with Gasteiger partial charge in [-0.25, -0.2) is 0 Å². The van der Waals surface area contributed by atoms with Gasteiger partial charge in [0.15, 0.2) is 0 Å². The van der Waals surface area contributed by atoms with E-state index in [1.165, 1.54) is 61.8 Å². The van der Waals surface area contributed by atoms with Crippen LogP contribution in [0.25, 0.3) is 10.9 Å². The molecule has 0 unspecified atom stereocenters. The van der Waals surface area contributed by atoms with E-state index in [0.29, 0.717) is 0 Å². The molecular weight excluding hydrogens is 258 g/mol. The van der Waals surface area contributed by atoms with E-state index in [4.69, 9.17) is 0 Å². The van der Waals surface area contributed by atoms with Crippen LogP contribution in [0, 0.1) is 0 Å². The summed E-state index contributed by atoms with van der Waals surface area (Å²) in [5.74, 6) is 0. The number of benzene rings is 1. The second kappa shape index (κ2) is 5.82. The molecule has 21 heavy (non-hydrogen) atoms. The molecule has 0 radical (unpaired) electrons. The first-order valence-electron chi connectivity index (χ1n) is 8.42. The van der Waals surface area contributed by atoms with Crippen LogP contribution in [0.2, 0.25) is 0 Å². The Bertz CT molecular complexity index is 606. The van der Waals surface area contributed by atoms with Gasteiger partial charge in [0.1, 0.15) is 0 Å². The molecule has 112 valence electrons. The molecule has 1 saturated heterocycles. The molecule has 4 rings (SSSR count). The summed E-state index contributed by atoms with van der Waals surface area (Å²) in [4.78, 5) is 2.58. The predicted octanol–water partition coefficient (Wildman–Crippen LogP) is 2.99. The van der Waals surface area contributed by atoms with Crippen LogP contribution in [0.3, 0.4) is 0 Å². The zero-order valence-electron chi connectivity index (χ0n) is 12.7. The lowest BCUT2D eigenvalue weighted by molar-refractivity contribution is 0.324. The van der Waals surface area contributed by atoms with E-state index in [0.717, 1.165) is 19.1 Å². The number of nitrogens with zero attached hydrogens (tertiary/aromatic N) is 2. The van der Waals surface area contributed by atoms with E-state index in [-0.39, 0.29) is 0 Å². The fourth-order valence-corrected chi connectivity index (χ4v) is 3.36. The second-order valence-corrected chi connectivity index (χ2v) is 6.61. The minimum atomic E-state index is 0.783. The maximum absolute atomic E-state index is 3.59. The summed E-state index contributed by atoms with van der Waals surface area (Å²) in [6.07, 6.45) is 7.72. The Morgan fingerprint density at radius 3 is 2.71 bits per heavy atom. The summed E-state index contributed by atoms with van der Waals surface area (Å²) in [7, 11) is 0. The van der Waals surface area contributed by atoms with Crippen molar-refractivity contribution in [1.82, 2.24) is 14.8 Å². The van der Waals surface area contributed by atoms with Gasteiger partial charge in [0, 0.05) is 37.4 Å². The van der Waals surface area contributed by atoms with Gasteiger partial charge in [-0.05, 0) is 67.9 Å². The molecule has 1 aliphatic heterocycles. The fourth-order valence-electron chi connectivity index (χ4n) is 3.36. The molecule has 0 atom stereocenters. The van der Waals surface area contributed by atoms with E-state index in [9.17, 15) is 0 Å². The molecule has 3 heteroatoms. The van der Waals surface area contributed by atoms with Crippen molar-refractivity contribution < 1.29 is 0 Å². The Kier molecular flexibility index (Phi) is 3.70. The third kappa shape index (κ3) is 3.14. The van der Waals surface area contributed by atoms with Crippen molar-refractivity contribution in [3.63, 3.8) is 0 Å². The van der Waals surface area contributed by atoms with Crippen molar-refractivity contribution in [3.05, 3.63) is 36.0 Å². The molecule has 0 bridgehead atoms. The van der Waals surface area contributed by atoms with Gasteiger partial charge in [0.05, 0.1) is 0 Å². The molecule has 1 aromatic heterocycles. The Balaban J connectivity index is 1.43. The zero-order valence-corrected chi connectivity index (χ0v) is 12.7. The summed E-state index contributed by atoms with van der Waals surface area (Å²) in [5, 5.41) is 4.97. The van der Waals surface area contributed by atoms with Crippen LogP contribution in [0.1, 0.15) is 31.2 Å². The predicted molar refractivity (Wildman–Crippen MR) is 87.5 cm³/mol. The van der Waals surface area contributed by atoms with Crippen molar-refractivity contribution in [3.8, 4) is 0 Å². The van der Waals surface area contributed by atoms with Crippen LogP contribution in [-0.2, 0) is 13.1 Å². The largest absolute Gasteiger partial charge is 0.346 e. The number of hydrogen-bond donors (Lipinski definition) is 1. The topological polar surface area (TPSA) is 20.2 Å². The summed E-state index contributed by atoms with van der Waals surface area (Å²) in [5.41, 5.74) is 2.79. The van der Waals surface area contributed by atoms with E-state index in [1.54, 1.807) is 0 Å². The first kappa shape index (κ1) is 13.4. The first-order valence-corrected chi connectivity index (χ1v) is 8.42. The minimum Gasteiger partial charge on any atom is -0.346 e. The molecule has 3 nitrogen and oxygen atoms in total. The maximum Gasteiger partial charge on any atom is 0.0480 e. The summed E-state index contributed by atoms with van der Waals surface area (Å²) >= 11 is 0. The highest BCUT2D eigenvalue weighted by Crippen LogP contribution is 2.21. The highest BCUT2D eigenvalue weighted by molar-refractivity contribution is 5.80. The van der Waals surface area contributed by atoms with Gasteiger partial charge >= 0.3 is 0 Å². The molecular formula is C18H25N3. The van der Waals surface area contributed by atoms with Crippen molar-refractivity contribution >= 4 is 10.9 Å². The number of likely N-dealkylation sites (tertiary alicyclic amines) is 1. The Hall–Kier alpha value is -1.32. The molecule has 2 heterocycles. The highest BCUT2D eigenvalue weighted by Gasteiger charge is 2.20. The van der Waals surface area contributed by atoms with E-state index in [1.807, 2.05) is 0 Å². The lowest BCUT2D eigenvalue weighted by Crippen LogP contribution is -2.23. The van der Waals surface area contributed by atoms with Crippen molar-refractivity contribution in [2.24, 2.45) is 0 Å². The lowest BCUT2D eigenvalue weighted by Gasteiger charge is -2.15. The van der Waals surface area contributed by atoms with Crippen LogP contribution in [0.15, 0.2) is 30.5 Å². The number of hydrogen-bond acceptors (Lipinski definition) is 2. The molecule has 0 amide bonds. The SMILES string of the molecule is c1cc2c(ccn2CCN2CCCC2)cc1CNC1CC1. The van der Waals surface area contributed by atoms with Gasteiger partial charge in [-0.3, -0.25) is 0 Å². The number of fused-ring (bicyclic) bond motifs is 1. The first-order chi connectivity index (χ1) is 10.4. The standard InChI is InChI=1S/C18H25N3/c1-2-9-20(8-1)11-12-21-10-7-16-13-15(3-6-18(16)21)14-19-17-4-5-17/h3,6-7,10,13,17,19H,1-2,4-5,8-9,11-12,14H2. The average molecular weight is 283 g/mol. The third-order valence-electron chi connectivity index (χ3n) is 4.86. The molecule has 1 saturated carbocycles. The van der Waals surface area contributed by atoms with Gasteiger partial charge < -0.3 is 14.8 Å². The average Bonchev–Trinajstić information content (AvgIpc) is 3.03. The van der Waals surface area contributed by atoms with Crippen molar-refractivity contribution in [2.45, 2.75) is 44.8 Å². The summed E-state index contributed by atoms with van der Waals surface area (Å²) in [6, 6.07) is 9.97. The summed E-state index contributed by atoms with van der Waals surface area (Å²) in [6.45, 7) is 5.89. The van der Waals surface area contributed by atoms with Gasteiger partial charge in [-0.15, -0.1) is 0 Å². The Morgan fingerprint density at radius 1 is 1.05 bits per heavy atom. The van der Waals surface area contributed by atoms with Gasteiger partial charge in [-0.1, -0.05) is 6.07 Å². The normalized spacial score (nSPS) is 19.6. The van der Waals surface area contributed by atoms with E-state index >= 15 is 0 Å². The second-order valence-electron chi connectivity index (χ2n) is 6.61. The number of nitrogens with one attached hydrogen (secondary N) is 1. The quantitative estimate of drug-likeness (QED) is 0.879. The van der Waals surface area contributed by atoms with Gasteiger partial charge in [0.2, 0.25) is 0 Å². The van der Waals surface area contributed by atoms with E-state index in [2.05, 4.69) is 45.2 Å². The smallest absolute Gasteiger partial charge is 0.0480 e. The fraction of sp³-hybridized carbons (Fsp3) is 0.556. The molecule has 1 aliphatic carbocycles. The van der Waals surface area contributed by atoms with Gasteiger partial charge in [0.25, 0.3) is 0 Å². The van der Waals surface area contributed by atoms with Crippen LogP contribution in [0.4, 0.5) is 0 Å². The lowest BCUT2D eigenvalue weighted by atomic mass is 10.1. The van der Waals surface area contributed by atoms with E-state index < -0.39 is 0 Å². The third-order valence-corrected chi connectivity index (χ3v) is 4.86. The van der Waals surface area contributed by atoms with Crippen LogP contribution < -0.4 is 5.32 Å². The van der Waals surface area contributed by atoms with Crippen LogP contribution in [-0.4, -0.2) is 35.1 Å². The highest BCUT2D eigenvalue weighted by atomic mass is 15.2. The van der Waals surface area contributed by atoms with Crippen LogP contribution in [0.5, 0.6) is 0 Å². The molecule has 2 aliphatic rings. The number of rotatable bonds is 6. The number of aromatic nitrogens is 1. The van der Waals surface area contributed by atoms with Crippen molar-refractivity contribution in [1.29, 1.82) is 0 Å². The van der Waals surface area contributed by atoms with Gasteiger partial charge in [-0.2, -0.15) is 0 Å². The zero-order chi connectivity index (χ0) is 14.1. The Morgan fingerprint density at radius 2 is 1.90 bits per heavy atom. The van der Waals surface area contributed by atoms with Crippen molar-refractivity contribution in [2.75, 3.05) is 19.6 Å². The Labute approximate surface area is 126 Å². The monoisotopic (exact) mass is 283 g/mol. The maximum atomic E-state index is 3.59. The molecule has 0 spiro atoms. The molecule has 2 aromatic rings. The summed E-state index contributed by atoms with van der Waals surface area (Å²) < 4.78 is 2.41.